The van der Waals surface area contributed by atoms with E-state index in [1.807, 2.05) is 24.3 Å². The Kier molecular flexibility index (Phi) is 3.25. The van der Waals surface area contributed by atoms with Gasteiger partial charge in [-0.25, -0.2) is 0 Å². The summed E-state index contributed by atoms with van der Waals surface area (Å²) in [6.45, 7) is 0.556. The average molecular weight is 304 g/mol. The summed E-state index contributed by atoms with van der Waals surface area (Å²) in [7, 11) is 0. The molecule has 0 unspecified atom stereocenters. The first-order valence-electron chi connectivity index (χ1n) is 8.16. The number of carbonyl (C=O) groups excluding carboxylic acids is 1. The zero-order valence-electron chi connectivity index (χ0n) is 12.3. The van der Waals surface area contributed by atoms with Crippen molar-refractivity contribution in [2.75, 3.05) is 0 Å². The summed E-state index contributed by atoms with van der Waals surface area (Å²) < 4.78 is 0. The third-order valence-electron chi connectivity index (χ3n) is 5.92. The predicted octanol–water partition coefficient (Wildman–Crippen LogP) is 4.17. The van der Waals surface area contributed by atoms with Crippen molar-refractivity contribution in [3.63, 3.8) is 0 Å². The molecule has 1 amide bonds. The molecule has 112 valence electrons. The number of carbonyl (C=O) groups is 1. The highest BCUT2D eigenvalue weighted by Gasteiger charge is 2.54. The molecule has 1 aromatic carbocycles. The monoisotopic (exact) mass is 303 g/mol. The first kappa shape index (κ1) is 13.6. The second-order valence-corrected chi connectivity index (χ2v) is 7.88. The number of hydrogen-bond acceptors (Lipinski definition) is 1. The molecule has 21 heavy (non-hydrogen) atoms. The quantitative estimate of drug-likeness (QED) is 0.892. The van der Waals surface area contributed by atoms with Crippen LogP contribution in [-0.2, 0) is 11.3 Å². The molecular weight excluding hydrogens is 282 g/mol. The van der Waals surface area contributed by atoms with Crippen LogP contribution >= 0.6 is 11.6 Å². The molecule has 1 aromatic rings. The summed E-state index contributed by atoms with van der Waals surface area (Å²) in [5.41, 5.74) is 0.952. The standard InChI is InChI=1S/C18H22ClNO/c19-16-4-2-1-3-15(16)11-20-17(21)18-8-12-5-13(9-18)7-14(6-12)10-18/h1-4,12-14H,5-11H2,(H,20,21). The smallest absolute Gasteiger partial charge is 0.226 e. The number of benzene rings is 1. The summed E-state index contributed by atoms with van der Waals surface area (Å²) in [5, 5.41) is 3.91. The Morgan fingerprint density at radius 1 is 1.10 bits per heavy atom. The van der Waals surface area contributed by atoms with Crippen LogP contribution in [0.1, 0.15) is 44.1 Å². The third-order valence-corrected chi connectivity index (χ3v) is 6.29. The van der Waals surface area contributed by atoms with E-state index in [0.717, 1.165) is 47.6 Å². The van der Waals surface area contributed by atoms with Crippen molar-refractivity contribution in [3.8, 4) is 0 Å². The maximum Gasteiger partial charge on any atom is 0.226 e. The molecule has 0 spiro atoms. The molecule has 0 aromatic heterocycles. The van der Waals surface area contributed by atoms with E-state index in [0.29, 0.717) is 6.54 Å². The van der Waals surface area contributed by atoms with Crippen LogP contribution in [0.15, 0.2) is 24.3 Å². The van der Waals surface area contributed by atoms with E-state index in [1.165, 1.54) is 19.3 Å². The molecule has 5 rings (SSSR count). The van der Waals surface area contributed by atoms with Crippen molar-refractivity contribution >= 4 is 17.5 Å². The molecular formula is C18H22ClNO. The minimum absolute atomic E-state index is 0.0595. The fourth-order valence-electron chi connectivity index (χ4n) is 5.39. The van der Waals surface area contributed by atoms with Gasteiger partial charge in [0.25, 0.3) is 0 Å². The van der Waals surface area contributed by atoms with Crippen LogP contribution in [0.25, 0.3) is 0 Å². The number of amides is 1. The van der Waals surface area contributed by atoms with Gasteiger partial charge in [-0.05, 0) is 67.9 Å². The molecule has 4 aliphatic carbocycles. The number of rotatable bonds is 3. The van der Waals surface area contributed by atoms with E-state index in [1.54, 1.807) is 0 Å². The Morgan fingerprint density at radius 2 is 1.67 bits per heavy atom. The molecule has 0 atom stereocenters. The highest BCUT2D eigenvalue weighted by atomic mass is 35.5. The minimum atomic E-state index is -0.0595. The Hall–Kier alpha value is -1.02. The average Bonchev–Trinajstić information content (AvgIpc) is 2.44. The molecule has 0 saturated heterocycles. The lowest BCUT2D eigenvalue weighted by Gasteiger charge is -2.55. The topological polar surface area (TPSA) is 29.1 Å². The van der Waals surface area contributed by atoms with Crippen LogP contribution < -0.4 is 5.32 Å². The van der Waals surface area contributed by atoms with Crippen molar-refractivity contribution in [3.05, 3.63) is 34.9 Å². The van der Waals surface area contributed by atoms with Crippen LogP contribution in [0, 0.1) is 23.2 Å². The Bertz CT molecular complexity index is 533. The van der Waals surface area contributed by atoms with Crippen molar-refractivity contribution in [1.82, 2.24) is 5.32 Å². The molecule has 4 aliphatic rings. The summed E-state index contributed by atoms with van der Waals surface area (Å²) in [6, 6.07) is 7.76. The molecule has 4 fully saturated rings. The maximum absolute atomic E-state index is 12.8. The predicted molar refractivity (Wildman–Crippen MR) is 83.9 cm³/mol. The van der Waals surface area contributed by atoms with Gasteiger partial charge >= 0.3 is 0 Å². The normalized spacial score (nSPS) is 36.7. The van der Waals surface area contributed by atoms with Crippen molar-refractivity contribution in [1.29, 1.82) is 0 Å². The van der Waals surface area contributed by atoms with Gasteiger partial charge in [0.15, 0.2) is 0 Å². The second kappa shape index (κ2) is 5.01. The van der Waals surface area contributed by atoms with Gasteiger partial charge in [-0.3, -0.25) is 4.79 Å². The molecule has 4 saturated carbocycles. The fourth-order valence-corrected chi connectivity index (χ4v) is 5.60. The van der Waals surface area contributed by atoms with Crippen LogP contribution in [0.3, 0.4) is 0 Å². The summed E-state index contributed by atoms with van der Waals surface area (Å²) in [5.74, 6) is 2.70. The van der Waals surface area contributed by atoms with E-state index >= 15 is 0 Å². The van der Waals surface area contributed by atoms with Gasteiger partial charge in [0.2, 0.25) is 5.91 Å². The zero-order chi connectivity index (χ0) is 14.4. The molecule has 1 N–H and O–H groups in total. The summed E-state index contributed by atoms with van der Waals surface area (Å²) in [4.78, 5) is 12.8. The van der Waals surface area contributed by atoms with E-state index in [2.05, 4.69) is 5.32 Å². The van der Waals surface area contributed by atoms with E-state index in [4.69, 9.17) is 11.6 Å². The lowest BCUT2D eigenvalue weighted by Crippen LogP contribution is -2.53. The number of nitrogens with one attached hydrogen (secondary N) is 1. The SMILES string of the molecule is O=C(NCc1ccccc1Cl)C12CC3CC(CC(C3)C1)C2. The summed E-state index contributed by atoms with van der Waals surface area (Å²) in [6.07, 6.45) is 7.47. The molecule has 0 aliphatic heterocycles. The van der Waals surface area contributed by atoms with Crippen LogP contribution in [-0.4, -0.2) is 5.91 Å². The van der Waals surface area contributed by atoms with Gasteiger partial charge in [0.05, 0.1) is 0 Å². The van der Waals surface area contributed by atoms with E-state index in [-0.39, 0.29) is 11.3 Å². The fraction of sp³-hybridized carbons (Fsp3) is 0.611. The van der Waals surface area contributed by atoms with Crippen LogP contribution in [0.5, 0.6) is 0 Å². The first-order chi connectivity index (χ1) is 10.1. The number of halogens is 1. The highest BCUT2D eigenvalue weighted by Crippen LogP contribution is 2.60. The molecule has 4 bridgehead atoms. The minimum Gasteiger partial charge on any atom is -0.351 e. The van der Waals surface area contributed by atoms with Gasteiger partial charge in [-0.1, -0.05) is 29.8 Å². The molecule has 3 heteroatoms. The van der Waals surface area contributed by atoms with Gasteiger partial charge in [-0.2, -0.15) is 0 Å². The van der Waals surface area contributed by atoms with E-state index in [9.17, 15) is 4.79 Å². The second-order valence-electron chi connectivity index (χ2n) is 7.47. The largest absolute Gasteiger partial charge is 0.351 e. The van der Waals surface area contributed by atoms with Gasteiger partial charge in [-0.15, -0.1) is 0 Å². The molecule has 0 heterocycles. The summed E-state index contributed by atoms with van der Waals surface area (Å²) >= 11 is 6.18. The van der Waals surface area contributed by atoms with E-state index < -0.39 is 0 Å². The molecule has 0 radical (unpaired) electrons. The Labute approximate surface area is 131 Å². The third kappa shape index (κ3) is 2.38. The zero-order valence-corrected chi connectivity index (χ0v) is 13.0. The highest BCUT2D eigenvalue weighted by molar-refractivity contribution is 6.31. The lowest BCUT2D eigenvalue weighted by molar-refractivity contribution is -0.146. The Morgan fingerprint density at radius 3 is 2.24 bits per heavy atom. The number of hydrogen-bond donors (Lipinski definition) is 1. The van der Waals surface area contributed by atoms with Crippen LogP contribution in [0.4, 0.5) is 0 Å². The molecule has 2 nitrogen and oxygen atoms in total. The van der Waals surface area contributed by atoms with Crippen molar-refractivity contribution in [2.24, 2.45) is 23.2 Å². The van der Waals surface area contributed by atoms with Gasteiger partial charge in [0.1, 0.15) is 0 Å². The van der Waals surface area contributed by atoms with Crippen LogP contribution in [0.2, 0.25) is 5.02 Å². The van der Waals surface area contributed by atoms with Gasteiger partial charge < -0.3 is 5.32 Å². The lowest BCUT2D eigenvalue weighted by atomic mass is 9.49. The van der Waals surface area contributed by atoms with Crippen molar-refractivity contribution < 1.29 is 4.79 Å². The maximum atomic E-state index is 12.8. The first-order valence-corrected chi connectivity index (χ1v) is 8.54. The van der Waals surface area contributed by atoms with Crippen molar-refractivity contribution in [2.45, 2.75) is 45.1 Å². The van der Waals surface area contributed by atoms with Gasteiger partial charge in [0, 0.05) is 17.0 Å². The Balaban J connectivity index is 1.47.